The number of benzene rings is 3. The van der Waals surface area contributed by atoms with Crippen LogP contribution in [0.25, 0.3) is 5.70 Å². The second-order valence-corrected chi connectivity index (χ2v) is 7.12. The maximum atomic E-state index is 8.58. The van der Waals surface area contributed by atoms with E-state index in [4.69, 9.17) is 20.6 Å². The number of ether oxygens (including phenoxy) is 2. The first-order valence-corrected chi connectivity index (χ1v) is 9.96. The van der Waals surface area contributed by atoms with E-state index in [2.05, 4.69) is 10.3 Å². The third kappa shape index (κ3) is 4.75. The molecule has 156 valence electrons. The van der Waals surface area contributed by atoms with Crippen LogP contribution in [-0.2, 0) is 13.0 Å². The second kappa shape index (κ2) is 9.17. The lowest BCUT2D eigenvalue weighted by Gasteiger charge is -2.20. The molecule has 31 heavy (non-hydrogen) atoms. The van der Waals surface area contributed by atoms with E-state index in [1.807, 2.05) is 72.8 Å². The maximum Gasteiger partial charge on any atom is 0.198 e. The Morgan fingerprint density at radius 2 is 1.74 bits per heavy atom. The van der Waals surface area contributed by atoms with Gasteiger partial charge in [0.2, 0.25) is 0 Å². The van der Waals surface area contributed by atoms with Crippen LogP contribution in [0, 0.1) is 5.41 Å². The van der Waals surface area contributed by atoms with E-state index in [0.29, 0.717) is 35.9 Å². The molecule has 1 aliphatic heterocycles. The molecular weight excluding hydrogens is 388 g/mol. The molecule has 0 saturated carbocycles. The smallest absolute Gasteiger partial charge is 0.198 e. The fraction of sp³-hybridized carbons (Fsp3) is 0.120. The third-order valence-electron chi connectivity index (χ3n) is 4.91. The largest absolute Gasteiger partial charge is 0.494 e. The summed E-state index contributed by atoms with van der Waals surface area (Å²) >= 11 is 0. The highest BCUT2D eigenvalue weighted by Gasteiger charge is 2.19. The number of rotatable bonds is 7. The van der Waals surface area contributed by atoms with Gasteiger partial charge >= 0.3 is 0 Å². The van der Waals surface area contributed by atoms with Crippen molar-refractivity contribution in [1.29, 1.82) is 5.41 Å². The van der Waals surface area contributed by atoms with E-state index < -0.39 is 0 Å². The zero-order valence-electron chi connectivity index (χ0n) is 17.3. The molecule has 0 aromatic heterocycles. The molecule has 0 bridgehead atoms. The molecule has 6 nitrogen and oxygen atoms in total. The highest BCUT2D eigenvalue weighted by Crippen LogP contribution is 2.36. The predicted octanol–water partition coefficient (Wildman–Crippen LogP) is 4.43. The highest BCUT2D eigenvalue weighted by atomic mass is 16.5. The Hall–Kier alpha value is -4.06. The van der Waals surface area contributed by atoms with Crippen LogP contribution in [0.5, 0.6) is 11.5 Å². The van der Waals surface area contributed by atoms with Gasteiger partial charge in [0.1, 0.15) is 23.8 Å². The Morgan fingerprint density at radius 1 is 1.00 bits per heavy atom. The first-order valence-electron chi connectivity index (χ1n) is 9.96. The SMILES string of the molecule is COc1cccc2c1N=C(N)N/C2=C\C(=N)Cc1ccccc1OCc1ccccc1. The van der Waals surface area contributed by atoms with Gasteiger partial charge in [-0.3, -0.25) is 0 Å². The summed E-state index contributed by atoms with van der Waals surface area (Å²) in [4.78, 5) is 4.35. The Kier molecular flexibility index (Phi) is 5.98. The number of hydrogen-bond acceptors (Lipinski definition) is 6. The van der Waals surface area contributed by atoms with Crippen molar-refractivity contribution in [3.63, 3.8) is 0 Å². The molecular formula is C25H24N4O2. The Balaban J connectivity index is 1.54. The monoisotopic (exact) mass is 412 g/mol. The lowest BCUT2D eigenvalue weighted by Crippen LogP contribution is -2.32. The van der Waals surface area contributed by atoms with Gasteiger partial charge in [0, 0.05) is 23.3 Å². The molecule has 0 saturated heterocycles. The van der Waals surface area contributed by atoms with Crippen molar-refractivity contribution in [3.8, 4) is 11.5 Å². The average Bonchev–Trinajstić information content (AvgIpc) is 2.78. The summed E-state index contributed by atoms with van der Waals surface area (Å²) in [5.41, 5.74) is 10.6. The van der Waals surface area contributed by atoms with Crippen LogP contribution in [0.1, 0.15) is 16.7 Å². The van der Waals surface area contributed by atoms with Crippen molar-refractivity contribution >= 4 is 23.1 Å². The van der Waals surface area contributed by atoms with Crippen molar-refractivity contribution in [2.24, 2.45) is 10.7 Å². The van der Waals surface area contributed by atoms with Gasteiger partial charge in [-0.1, -0.05) is 60.7 Å². The standard InChI is InChI=1S/C25H24N4O2/c1-30-23-13-7-11-20-21(28-25(27)29-24(20)23)15-19(26)14-18-10-5-6-12-22(18)31-16-17-8-3-2-4-9-17/h2-13,15,26H,14,16H2,1H3,(H3,27,28,29)/b21-15-,26-19?. The van der Waals surface area contributed by atoms with Gasteiger partial charge in [-0.25, -0.2) is 4.99 Å². The van der Waals surface area contributed by atoms with Crippen LogP contribution in [0.2, 0.25) is 0 Å². The van der Waals surface area contributed by atoms with Crippen LogP contribution < -0.4 is 20.5 Å². The molecule has 0 aliphatic carbocycles. The number of guanidine groups is 1. The number of nitrogens with two attached hydrogens (primary N) is 1. The predicted molar refractivity (Wildman–Crippen MR) is 124 cm³/mol. The molecule has 3 aromatic carbocycles. The summed E-state index contributed by atoms with van der Waals surface area (Å²) in [5, 5.41) is 11.6. The summed E-state index contributed by atoms with van der Waals surface area (Å²) in [6.45, 7) is 0.480. The van der Waals surface area contributed by atoms with Crippen molar-refractivity contribution in [2.45, 2.75) is 13.0 Å². The minimum Gasteiger partial charge on any atom is -0.494 e. The maximum absolute atomic E-state index is 8.58. The molecule has 0 atom stereocenters. The van der Waals surface area contributed by atoms with Crippen molar-refractivity contribution < 1.29 is 9.47 Å². The number of hydrogen-bond donors (Lipinski definition) is 3. The summed E-state index contributed by atoms with van der Waals surface area (Å²) in [5.74, 6) is 1.68. The molecule has 1 heterocycles. The summed E-state index contributed by atoms with van der Waals surface area (Å²) in [7, 11) is 1.60. The topological polar surface area (TPSA) is 92.7 Å². The fourth-order valence-electron chi connectivity index (χ4n) is 3.44. The van der Waals surface area contributed by atoms with Crippen molar-refractivity contribution in [2.75, 3.05) is 7.11 Å². The molecule has 6 heteroatoms. The van der Waals surface area contributed by atoms with E-state index in [-0.39, 0.29) is 5.96 Å². The van der Waals surface area contributed by atoms with E-state index >= 15 is 0 Å². The normalized spacial score (nSPS) is 13.7. The third-order valence-corrected chi connectivity index (χ3v) is 4.91. The molecule has 1 aliphatic rings. The number of allylic oxidation sites excluding steroid dienone is 1. The Bertz CT molecular complexity index is 1150. The second-order valence-electron chi connectivity index (χ2n) is 7.12. The fourth-order valence-corrected chi connectivity index (χ4v) is 3.44. The molecule has 0 spiro atoms. The minimum absolute atomic E-state index is 0.266. The lowest BCUT2D eigenvalue weighted by molar-refractivity contribution is 0.303. The lowest BCUT2D eigenvalue weighted by atomic mass is 10.0. The van der Waals surface area contributed by atoms with E-state index in [0.717, 1.165) is 22.4 Å². The van der Waals surface area contributed by atoms with E-state index in [1.54, 1.807) is 13.2 Å². The van der Waals surface area contributed by atoms with Gasteiger partial charge in [-0.15, -0.1) is 0 Å². The van der Waals surface area contributed by atoms with Gasteiger partial charge in [0.15, 0.2) is 5.96 Å². The summed E-state index contributed by atoms with van der Waals surface area (Å²) in [6.07, 6.45) is 2.19. The average molecular weight is 412 g/mol. The van der Waals surface area contributed by atoms with Crippen LogP contribution >= 0.6 is 0 Å². The van der Waals surface area contributed by atoms with Gasteiger partial charge in [0.25, 0.3) is 0 Å². The van der Waals surface area contributed by atoms with Crippen LogP contribution in [-0.4, -0.2) is 18.8 Å². The van der Waals surface area contributed by atoms with Crippen molar-refractivity contribution in [3.05, 3.63) is 95.6 Å². The molecule has 0 radical (unpaired) electrons. The van der Waals surface area contributed by atoms with Gasteiger partial charge < -0.3 is 25.9 Å². The van der Waals surface area contributed by atoms with Crippen LogP contribution in [0.3, 0.4) is 0 Å². The zero-order chi connectivity index (χ0) is 21.6. The molecule has 0 unspecified atom stereocenters. The summed E-state index contributed by atoms with van der Waals surface area (Å²) < 4.78 is 11.4. The van der Waals surface area contributed by atoms with Gasteiger partial charge in [-0.05, 0) is 23.8 Å². The Morgan fingerprint density at radius 3 is 2.55 bits per heavy atom. The number of methoxy groups -OCH3 is 1. The van der Waals surface area contributed by atoms with Gasteiger partial charge in [0.05, 0.1) is 12.8 Å². The van der Waals surface area contributed by atoms with E-state index in [9.17, 15) is 0 Å². The number of fused-ring (bicyclic) bond motifs is 1. The number of nitrogens with one attached hydrogen (secondary N) is 2. The number of para-hydroxylation sites is 2. The zero-order valence-corrected chi connectivity index (χ0v) is 17.3. The van der Waals surface area contributed by atoms with Crippen LogP contribution in [0.4, 0.5) is 5.69 Å². The first-order chi connectivity index (χ1) is 15.1. The molecule has 0 amide bonds. The summed E-state index contributed by atoms with van der Waals surface area (Å²) in [6, 6.07) is 23.5. The highest BCUT2D eigenvalue weighted by molar-refractivity contribution is 6.06. The Labute approximate surface area is 181 Å². The van der Waals surface area contributed by atoms with Crippen LogP contribution in [0.15, 0.2) is 83.9 Å². The number of aliphatic imine (C=N–C) groups is 1. The number of nitrogens with zero attached hydrogens (tertiary/aromatic N) is 1. The minimum atomic E-state index is 0.266. The first kappa shape index (κ1) is 20.2. The molecule has 4 rings (SSSR count). The van der Waals surface area contributed by atoms with Gasteiger partial charge in [-0.2, -0.15) is 0 Å². The molecule has 4 N–H and O–H groups in total. The molecule has 0 fully saturated rings. The molecule has 3 aromatic rings. The van der Waals surface area contributed by atoms with Crippen molar-refractivity contribution in [1.82, 2.24) is 5.32 Å². The quantitative estimate of drug-likeness (QED) is 0.501. The van der Waals surface area contributed by atoms with E-state index in [1.165, 1.54) is 0 Å².